The van der Waals surface area contributed by atoms with Crippen LogP contribution in [-0.2, 0) is 5.41 Å². The average molecular weight is 271 g/mol. The maximum atomic E-state index is 11.1. The van der Waals surface area contributed by atoms with E-state index in [2.05, 4.69) is 25.8 Å². The van der Waals surface area contributed by atoms with E-state index < -0.39 is 5.97 Å². The summed E-state index contributed by atoms with van der Waals surface area (Å²) < 4.78 is 5.55. The summed E-state index contributed by atoms with van der Waals surface area (Å²) in [5.74, 6) is -0.352. The SMILES string of the molecule is CC(C)(C)c1ccc(Oc2ccccc2C(=O)O)nc1. The minimum atomic E-state index is -1.02. The van der Waals surface area contributed by atoms with Gasteiger partial charge in [0, 0.05) is 12.3 Å². The van der Waals surface area contributed by atoms with Gasteiger partial charge < -0.3 is 9.84 Å². The molecule has 1 N–H and O–H groups in total. The number of carbonyl (C=O) groups is 1. The number of aromatic carboxylic acids is 1. The molecular weight excluding hydrogens is 254 g/mol. The van der Waals surface area contributed by atoms with Crippen molar-refractivity contribution in [2.24, 2.45) is 0 Å². The van der Waals surface area contributed by atoms with Gasteiger partial charge in [-0.2, -0.15) is 0 Å². The Morgan fingerprint density at radius 2 is 1.85 bits per heavy atom. The summed E-state index contributed by atoms with van der Waals surface area (Å²) >= 11 is 0. The lowest BCUT2D eigenvalue weighted by molar-refractivity contribution is 0.0694. The summed E-state index contributed by atoms with van der Waals surface area (Å²) in [7, 11) is 0. The topological polar surface area (TPSA) is 59.4 Å². The van der Waals surface area contributed by atoms with E-state index in [0.29, 0.717) is 5.88 Å². The van der Waals surface area contributed by atoms with Gasteiger partial charge in [0.05, 0.1) is 0 Å². The highest BCUT2D eigenvalue weighted by molar-refractivity contribution is 5.90. The van der Waals surface area contributed by atoms with Crippen LogP contribution >= 0.6 is 0 Å². The van der Waals surface area contributed by atoms with Gasteiger partial charge in [-0.1, -0.05) is 39.0 Å². The number of benzene rings is 1. The number of hydrogen-bond acceptors (Lipinski definition) is 3. The molecule has 0 fully saturated rings. The molecule has 0 radical (unpaired) electrons. The number of rotatable bonds is 3. The molecule has 1 aromatic carbocycles. The predicted octanol–water partition coefficient (Wildman–Crippen LogP) is 3.87. The van der Waals surface area contributed by atoms with Crippen molar-refractivity contribution in [1.82, 2.24) is 4.98 Å². The van der Waals surface area contributed by atoms with Gasteiger partial charge in [-0.25, -0.2) is 9.78 Å². The Morgan fingerprint density at radius 3 is 2.40 bits per heavy atom. The summed E-state index contributed by atoms with van der Waals surface area (Å²) in [5, 5.41) is 9.09. The van der Waals surface area contributed by atoms with Gasteiger partial charge in [0.15, 0.2) is 0 Å². The van der Waals surface area contributed by atoms with Gasteiger partial charge >= 0.3 is 5.97 Å². The summed E-state index contributed by atoms with van der Waals surface area (Å²) in [6.07, 6.45) is 1.75. The van der Waals surface area contributed by atoms with Crippen LogP contribution in [0.4, 0.5) is 0 Å². The molecule has 0 spiro atoms. The molecule has 0 bridgehead atoms. The first-order chi connectivity index (χ1) is 9.38. The normalized spacial score (nSPS) is 11.2. The molecule has 0 aliphatic heterocycles. The molecule has 4 heteroatoms. The van der Waals surface area contributed by atoms with Crippen molar-refractivity contribution in [1.29, 1.82) is 0 Å². The fourth-order valence-electron chi connectivity index (χ4n) is 1.73. The van der Waals surface area contributed by atoms with E-state index in [0.717, 1.165) is 5.56 Å². The van der Waals surface area contributed by atoms with Crippen molar-refractivity contribution in [2.45, 2.75) is 26.2 Å². The van der Waals surface area contributed by atoms with Crippen molar-refractivity contribution in [3.8, 4) is 11.6 Å². The molecule has 104 valence electrons. The van der Waals surface area contributed by atoms with Crippen LogP contribution in [0, 0.1) is 0 Å². The quantitative estimate of drug-likeness (QED) is 0.920. The summed E-state index contributed by atoms with van der Waals surface area (Å²) in [4.78, 5) is 15.3. The number of ether oxygens (including phenoxy) is 1. The average Bonchev–Trinajstić information content (AvgIpc) is 2.38. The largest absolute Gasteiger partial charge is 0.478 e. The third-order valence-electron chi connectivity index (χ3n) is 2.93. The van der Waals surface area contributed by atoms with Crippen molar-refractivity contribution in [3.05, 3.63) is 53.7 Å². The number of hydrogen-bond donors (Lipinski definition) is 1. The second-order valence-electron chi connectivity index (χ2n) is 5.54. The monoisotopic (exact) mass is 271 g/mol. The number of para-hydroxylation sites is 1. The Hall–Kier alpha value is -2.36. The van der Waals surface area contributed by atoms with Gasteiger partial charge in [0.1, 0.15) is 11.3 Å². The molecule has 4 nitrogen and oxygen atoms in total. The van der Waals surface area contributed by atoms with E-state index in [-0.39, 0.29) is 16.7 Å². The van der Waals surface area contributed by atoms with Crippen molar-refractivity contribution in [2.75, 3.05) is 0 Å². The van der Waals surface area contributed by atoms with Crippen LogP contribution in [0.3, 0.4) is 0 Å². The van der Waals surface area contributed by atoms with Gasteiger partial charge in [-0.05, 0) is 23.1 Å². The summed E-state index contributed by atoms with van der Waals surface area (Å²) in [6.45, 7) is 6.30. The third-order valence-corrected chi connectivity index (χ3v) is 2.93. The second kappa shape index (κ2) is 5.33. The minimum absolute atomic E-state index is 0.0184. The molecule has 0 saturated heterocycles. The van der Waals surface area contributed by atoms with Crippen LogP contribution in [0.1, 0.15) is 36.7 Å². The zero-order valence-corrected chi connectivity index (χ0v) is 11.8. The lowest BCUT2D eigenvalue weighted by atomic mass is 9.88. The minimum Gasteiger partial charge on any atom is -0.478 e. The molecule has 0 saturated carbocycles. The highest BCUT2D eigenvalue weighted by atomic mass is 16.5. The number of pyridine rings is 1. The molecule has 20 heavy (non-hydrogen) atoms. The first-order valence-corrected chi connectivity index (χ1v) is 6.34. The second-order valence-corrected chi connectivity index (χ2v) is 5.54. The Kier molecular flexibility index (Phi) is 3.74. The summed E-state index contributed by atoms with van der Waals surface area (Å²) in [5.41, 5.74) is 1.23. The van der Waals surface area contributed by atoms with Crippen molar-refractivity contribution >= 4 is 5.97 Å². The number of nitrogens with zero attached hydrogens (tertiary/aromatic N) is 1. The van der Waals surface area contributed by atoms with Crippen LogP contribution < -0.4 is 4.74 Å². The van der Waals surface area contributed by atoms with Crippen molar-refractivity contribution < 1.29 is 14.6 Å². The van der Waals surface area contributed by atoms with E-state index >= 15 is 0 Å². The van der Waals surface area contributed by atoms with E-state index in [1.54, 1.807) is 30.5 Å². The maximum absolute atomic E-state index is 11.1. The maximum Gasteiger partial charge on any atom is 0.339 e. The molecule has 1 heterocycles. The summed E-state index contributed by atoms with van der Waals surface area (Å²) in [6, 6.07) is 10.2. The van der Waals surface area contributed by atoms with Gasteiger partial charge in [-0.3, -0.25) is 0 Å². The lowest BCUT2D eigenvalue weighted by Gasteiger charge is -2.18. The van der Waals surface area contributed by atoms with E-state index in [1.165, 1.54) is 6.07 Å². The first kappa shape index (κ1) is 14.1. The molecule has 2 aromatic rings. The fraction of sp³-hybridized carbons (Fsp3) is 0.250. The molecule has 0 amide bonds. The van der Waals surface area contributed by atoms with E-state index in [1.807, 2.05) is 6.07 Å². The zero-order valence-electron chi connectivity index (χ0n) is 11.8. The first-order valence-electron chi connectivity index (χ1n) is 6.34. The van der Waals surface area contributed by atoms with Crippen LogP contribution in [-0.4, -0.2) is 16.1 Å². The number of carboxylic acid groups (broad SMARTS) is 1. The Morgan fingerprint density at radius 1 is 1.15 bits per heavy atom. The van der Waals surface area contributed by atoms with Crippen LogP contribution in [0.25, 0.3) is 0 Å². The standard InChI is InChI=1S/C16H17NO3/c1-16(2,3)11-8-9-14(17-10-11)20-13-7-5-4-6-12(13)15(18)19/h4-10H,1-3H3,(H,18,19). The predicted molar refractivity (Wildman–Crippen MR) is 76.4 cm³/mol. The molecule has 1 aromatic heterocycles. The Labute approximate surface area is 118 Å². The van der Waals surface area contributed by atoms with Crippen LogP contribution in [0.15, 0.2) is 42.6 Å². The fourth-order valence-corrected chi connectivity index (χ4v) is 1.73. The van der Waals surface area contributed by atoms with Gasteiger partial charge in [-0.15, -0.1) is 0 Å². The molecular formula is C16H17NO3. The van der Waals surface area contributed by atoms with E-state index in [9.17, 15) is 4.79 Å². The molecule has 0 unspecified atom stereocenters. The number of carboxylic acids is 1. The van der Waals surface area contributed by atoms with Crippen LogP contribution in [0.2, 0.25) is 0 Å². The molecule has 0 atom stereocenters. The Balaban J connectivity index is 2.25. The van der Waals surface area contributed by atoms with Crippen molar-refractivity contribution in [3.63, 3.8) is 0 Å². The number of aromatic nitrogens is 1. The Bertz CT molecular complexity index is 612. The van der Waals surface area contributed by atoms with E-state index in [4.69, 9.17) is 9.84 Å². The smallest absolute Gasteiger partial charge is 0.339 e. The molecule has 0 aliphatic rings. The molecule has 0 aliphatic carbocycles. The van der Waals surface area contributed by atoms with Crippen LogP contribution in [0.5, 0.6) is 11.6 Å². The highest BCUT2D eigenvalue weighted by Gasteiger charge is 2.15. The van der Waals surface area contributed by atoms with Gasteiger partial charge in [0.25, 0.3) is 0 Å². The molecule has 2 rings (SSSR count). The lowest BCUT2D eigenvalue weighted by Crippen LogP contribution is -2.11. The third kappa shape index (κ3) is 3.15. The zero-order chi connectivity index (χ0) is 14.8. The highest BCUT2D eigenvalue weighted by Crippen LogP contribution is 2.26. The van der Waals surface area contributed by atoms with Gasteiger partial charge in [0.2, 0.25) is 5.88 Å².